The molecule has 3 atom stereocenters. The van der Waals surface area contributed by atoms with Crippen LogP contribution in [0.3, 0.4) is 0 Å². The van der Waals surface area contributed by atoms with E-state index in [1.807, 2.05) is 0 Å². The number of hydrogen-bond donors (Lipinski definition) is 1. The summed E-state index contributed by atoms with van der Waals surface area (Å²) < 4.78 is 5.83. The molecule has 3 fully saturated rings. The lowest BCUT2D eigenvalue weighted by molar-refractivity contribution is 0.102. The summed E-state index contributed by atoms with van der Waals surface area (Å²) in [6, 6.07) is 0. The minimum atomic E-state index is 0.895. The van der Waals surface area contributed by atoms with Crippen LogP contribution < -0.4 is 5.32 Å². The van der Waals surface area contributed by atoms with Gasteiger partial charge in [0.1, 0.15) is 0 Å². The highest BCUT2D eigenvalue weighted by molar-refractivity contribution is 5.03. The molecular weight excluding hydrogens is 212 g/mol. The van der Waals surface area contributed by atoms with E-state index in [1.165, 1.54) is 58.4 Å². The minimum Gasteiger partial charge on any atom is -0.381 e. The van der Waals surface area contributed by atoms with Crippen LogP contribution in [-0.4, -0.2) is 50.8 Å². The lowest BCUT2D eigenvalue weighted by atomic mass is 10.1. The Morgan fingerprint density at radius 1 is 1.06 bits per heavy atom. The van der Waals surface area contributed by atoms with Crippen LogP contribution in [0, 0.1) is 17.8 Å². The predicted octanol–water partition coefficient (Wildman–Crippen LogP) is 1.34. The molecule has 0 aromatic carbocycles. The summed E-state index contributed by atoms with van der Waals surface area (Å²) in [6.45, 7) is 8.37. The number of likely N-dealkylation sites (tertiary alicyclic amines) is 1. The van der Waals surface area contributed by atoms with Gasteiger partial charge in [-0.1, -0.05) is 6.42 Å². The Bertz CT molecular complexity index is 226. The molecule has 1 saturated carbocycles. The minimum absolute atomic E-state index is 0.895. The van der Waals surface area contributed by atoms with E-state index in [0.29, 0.717) is 0 Å². The predicted molar refractivity (Wildman–Crippen MR) is 69.1 cm³/mol. The van der Waals surface area contributed by atoms with Crippen molar-refractivity contribution in [3.63, 3.8) is 0 Å². The lowest BCUT2D eigenvalue weighted by Gasteiger charge is -2.26. The Balaban J connectivity index is 1.19. The van der Waals surface area contributed by atoms with Crippen molar-refractivity contribution in [3.8, 4) is 0 Å². The largest absolute Gasteiger partial charge is 0.381 e. The summed E-state index contributed by atoms with van der Waals surface area (Å²) in [5, 5.41) is 3.43. The van der Waals surface area contributed by atoms with Crippen molar-refractivity contribution in [1.82, 2.24) is 10.2 Å². The van der Waals surface area contributed by atoms with Gasteiger partial charge in [0, 0.05) is 13.2 Å². The molecule has 3 aliphatic rings. The van der Waals surface area contributed by atoms with E-state index in [9.17, 15) is 0 Å². The molecule has 0 amide bonds. The van der Waals surface area contributed by atoms with Gasteiger partial charge in [0.2, 0.25) is 0 Å². The quantitative estimate of drug-likeness (QED) is 0.707. The Morgan fingerprint density at radius 2 is 1.82 bits per heavy atom. The normalized spacial score (nSPS) is 37.1. The summed E-state index contributed by atoms with van der Waals surface area (Å²) in [5.74, 6) is 2.81. The second-order valence-electron chi connectivity index (χ2n) is 5.98. The highest BCUT2D eigenvalue weighted by Gasteiger charge is 2.52. The van der Waals surface area contributed by atoms with Crippen molar-refractivity contribution >= 4 is 0 Å². The monoisotopic (exact) mass is 238 g/mol. The molecule has 2 aliphatic heterocycles. The molecule has 0 spiro atoms. The van der Waals surface area contributed by atoms with E-state index in [4.69, 9.17) is 4.74 Å². The number of piperidine rings is 2. The van der Waals surface area contributed by atoms with Gasteiger partial charge in [-0.15, -0.1) is 0 Å². The Hall–Kier alpha value is -0.120. The SMILES string of the molecule is C1CCN(CCCOC[C@@H]2[C@@H]3CNC[C@@H]32)CC1. The first kappa shape index (κ1) is 11.9. The molecule has 17 heavy (non-hydrogen) atoms. The molecule has 1 aliphatic carbocycles. The third-order valence-corrected chi connectivity index (χ3v) is 4.79. The summed E-state index contributed by atoms with van der Waals surface area (Å²) in [6.07, 6.45) is 5.46. The van der Waals surface area contributed by atoms with Crippen LogP contribution in [-0.2, 0) is 4.74 Å². The maximum Gasteiger partial charge on any atom is 0.0500 e. The van der Waals surface area contributed by atoms with Gasteiger partial charge in [-0.3, -0.25) is 0 Å². The van der Waals surface area contributed by atoms with Crippen LogP contribution in [0.2, 0.25) is 0 Å². The van der Waals surface area contributed by atoms with Gasteiger partial charge in [-0.05, 0) is 63.2 Å². The van der Waals surface area contributed by atoms with Crippen LogP contribution in [0.25, 0.3) is 0 Å². The number of ether oxygens (including phenoxy) is 1. The van der Waals surface area contributed by atoms with Crippen molar-refractivity contribution < 1.29 is 4.74 Å². The molecule has 2 heterocycles. The van der Waals surface area contributed by atoms with E-state index in [2.05, 4.69) is 10.2 Å². The maximum absolute atomic E-state index is 5.83. The molecule has 0 aromatic heterocycles. The summed E-state index contributed by atoms with van der Waals surface area (Å²) >= 11 is 0. The molecule has 0 unspecified atom stereocenters. The molecule has 98 valence electrons. The maximum atomic E-state index is 5.83. The first-order chi connectivity index (χ1) is 8.45. The number of rotatable bonds is 6. The van der Waals surface area contributed by atoms with Crippen molar-refractivity contribution in [2.24, 2.45) is 17.8 Å². The van der Waals surface area contributed by atoms with Crippen molar-refractivity contribution in [1.29, 1.82) is 0 Å². The molecule has 0 bridgehead atoms. The summed E-state index contributed by atoms with van der Waals surface area (Å²) in [5.41, 5.74) is 0. The standard InChI is InChI=1S/C14H26N2O/c1-2-5-16(6-3-1)7-4-8-17-11-14-12-9-15-10-13(12)14/h12-15H,1-11H2/t12-,13+,14-. The third kappa shape index (κ3) is 3.01. The van der Waals surface area contributed by atoms with Crippen molar-refractivity contribution in [2.75, 3.05) is 45.9 Å². The van der Waals surface area contributed by atoms with E-state index in [1.54, 1.807) is 0 Å². The third-order valence-electron chi connectivity index (χ3n) is 4.79. The lowest BCUT2D eigenvalue weighted by Crippen LogP contribution is -2.31. The second-order valence-corrected chi connectivity index (χ2v) is 5.98. The van der Waals surface area contributed by atoms with Gasteiger partial charge in [0.05, 0.1) is 6.61 Å². The van der Waals surface area contributed by atoms with Crippen LogP contribution in [0.15, 0.2) is 0 Å². The van der Waals surface area contributed by atoms with Crippen LogP contribution in [0.1, 0.15) is 25.7 Å². The Labute approximate surface area is 105 Å². The van der Waals surface area contributed by atoms with Gasteiger partial charge >= 0.3 is 0 Å². The van der Waals surface area contributed by atoms with E-state index in [-0.39, 0.29) is 0 Å². The fourth-order valence-electron chi connectivity index (χ4n) is 3.59. The van der Waals surface area contributed by atoms with Gasteiger partial charge in [0.15, 0.2) is 0 Å². The van der Waals surface area contributed by atoms with Gasteiger partial charge < -0.3 is 15.0 Å². The molecule has 2 saturated heterocycles. The van der Waals surface area contributed by atoms with E-state index < -0.39 is 0 Å². The second kappa shape index (κ2) is 5.68. The van der Waals surface area contributed by atoms with Crippen LogP contribution in [0.5, 0.6) is 0 Å². The number of hydrogen-bond acceptors (Lipinski definition) is 3. The first-order valence-corrected chi connectivity index (χ1v) is 7.46. The molecule has 3 rings (SSSR count). The van der Waals surface area contributed by atoms with Gasteiger partial charge in [-0.25, -0.2) is 0 Å². The van der Waals surface area contributed by atoms with Crippen molar-refractivity contribution in [3.05, 3.63) is 0 Å². The zero-order chi connectivity index (χ0) is 11.5. The number of nitrogens with zero attached hydrogens (tertiary/aromatic N) is 1. The average Bonchev–Trinajstić information content (AvgIpc) is 2.82. The molecule has 0 aromatic rings. The molecule has 3 heteroatoms. The van der Waals surface area contributed by atoms with Crippen molar-refractivity contribution in [2.45, 2.75) is 25.7 Å². The molecule has 3 nitrogen and oxygen atoms in total. The Kier molecular flexibility index (Phi) is 3.99. The van der Waals surface area contributed by atoms with Crippen LogP contribution in [0.4, 0.5) is 0 Å². The fraction of sp³-hybridized carbons (Fsp3) is 1.00. The van der Waals surface area contributed by atoms with E-state index >= 15 is 0 Å². The molecule has 1 N–H and O–H groups in total. The van der Waals surface area contributed by atoms with Gasteiger partial charge in [0.25, 0.3) is 0 Å². The Morgan fingerprint density at radius 3 is 2.59 bits per heavy atom. The average molecular weight is 238 g/mol. The highest BCUT2D eigenvalue weighted by atomic mass is 16.5. The smallest absolute Gasteiger partial charge is 0.0500 e. The summed E-state index contributed by atoms with van der Waals surface area (Å²) in [7, 11) is 0. The highest BCUT2D eigenvalue weighted by Crippen LogP contribution is 2.48. The zero-order valence-electron chi connectivity index (χ0n) is 10.9. The molecular formula is C14H26N2O. The number of fused-ring (bicyclic) bond motifs is 1. The number of nitrogens with one attached hydrogen (secondary N) is 1. The topological polar surface area (TPSA) is 24.5 Å². The zero-order valence-corrected chi connectivity index (χ0v) is 10.9. The van der Waals surface area contributed by atoms with Crippen LogP contribution >= 0.6 is 0 Å². The van der Waals surface area contributed by atoms with E-state index in [0.717, 1.165) is 31.0 Å². The fourth-order valence-corrected chi connectivity index (χ4v) is 3.59. The first-order valence-electron chi connectivity index (χ1n) is 7.46. The van der Waals surface area contributed by atoms with Gasteiger partial charge in [-0.2, -0.15) is 0 Å². The molecule has 0 radical (unpaired) electrons. The summed E-state index contributed by atoms with van der Waals surface area (Å²) in [4.78, 5) is 2.60.